The second kappa shape index (κ2) is 15.4. The number of carbonyl (C=O) groups is 6. The van der Waals surface area contributed by atoms with Crippen LogP contribution in [0, 0.1) is 16.7 Å². The van der Waals surface area contributed by atoms with Crippen molar-refractivity contribution < 1.29 is 62.3 Å². The van der Waals surface area contributed by atoms with Crippen LogP contribution in [-0.2, 0) is 47.6 Å². The standard InChI is InChI=1S/C42H48O13/c1-22-30(50-24(3)43)20-32(52-26(5)45)41(9)34(22)36(55-39(48)29-18-14-11-15-19-29)42(40(7,8)49)21-31(51-25(4)44)23(2)33(42)35(37(41)53-27(6)46)54-38(47)28-16-12-10-13-17-28/h10-19,30-32,34-37,49H,1,20-21H2,2-9H3/t30-,31+,32-,34+,35-,36-,37-,41-,42-/m0/s1. The summed E-state index contributed by atoms with van der Waals surface area (Å²) in [7, 11) is 0. The van der Waals surface area contributed by atoms with E-state index in [1.54, 1.807) is 62.4 Å². The van der Waals surface area contributed by atoms with Crippen molar-refractivity contribution in [3.05, 3.63) is 95.1 Å². The molecule has 0 saturated heterocycles. The molecule has 0 radical (unpaired) electrons. The number of carbonyl (C=O) groups excluding carboxylic acids is 6. The summed E-state index contributed by atoms with van der Waals surface area (Å²) in [6.07, 6.45) is -8.43. The highest BCUT2D eigenvalue weighted by Crippen LogP contribution is 2.66. The van der Waals surface area contributed by atoms with E-state index in [0.29, 0.717) is 5.57 Å². The molecule has 3 aliphatic carbocycles. The maximum Gasteiger partial charge on any atom is 0.338 e. The number of fused-ring (bicyclic) bond motifs is 2. The molecule has 13 nitrogen and oxygen atoms in total. The summed E-state index contributed by atoms with van der Waals surface area (Å²) in [4.78, 5) is 80.0. The molecule has 294 valence electrons. The van der Waals surface area contributed by atoms with Gasteiger partial charge in [-0.15, -0.1) is 0 Å². The molecule has 2 aromatic carbocycles. The highest BCUT2D eigenvalue weighted by molar-refractivity contribution is 5.90. The molecular formula is C42H48O13. The first-order valence-corrected chi connectivity index (χ1v) is 18.1. The average molecular weight is 761 g/mol. The molecule has 0 amide bonds. The number of aliphatic hydroxyl groups is 1. The molecule has 0 unspecified atom stereocenters. The maximum atomic E-state index is 14.4. The predicted molar refractivity (Wildman–Crippen MR) is 195 cm³/mol. The molecular weight excluding hydrogens is 712 g/mol. The molecule has 9 atom stereocenters. The Balaban J connectivity index is 1.95. The fourth-order valence-electron chi connectivity index (χ4n) is 9.00. The second-order valence-electron chi connectivity index (χ2n) is 15.2. The monoisotopic (exact) mass is 760 g/mol. The minimum atomic E-state index is -1.91. The third kappa shape index (κ3) is 7.54. The third-order valence-corrected chi connectivity index (χ3v) is 11.3. The molecule has 2 fully saturated rings. The van der Waals surface area contributed by atoms with Crippen molar-refractivity contribution in [2.45, 2.75) is 110 Å². The molecule has 55 heavy (non-hydrogen) atoms. The van der Waals surface area contributed by atoms with Crippen molar-refractivity contribution in [2.24, 2.45) is 16.7 Å². The van der Waals surface area contributed by atoms with Gasteiger partial charge < -0.3 is 33.5 Å². The number of esters is 6. The van der Waals surface area contributed by atoms with Gasteiger partial charge in [-0.25, -0.2) is 9.59 Å². The number of benzene rings is 2. The molecule has 3 aliphatic rings. The zero-order chi connectivity index (χ0) is 40.6. The molecule has 0 aliphatic heterocycles. The van der Waals surface area contributed by atoms with E-state index in [2.05, 4.69) is 6.58 Å². The van der Waals surface area contributed by atoms with Crippen molar-refractivity contribution in [2.75, 3.05) is 0 Å². The Hall–Kier alpha value is -5.30. The van der Waals surface area contributed by atoms with Crippen molar-refractivity contribution in [1.82, 2.24) is 0 Å². The molecule has 0 spiro atoms. The second-order valence-corrected chi connectivity index (χ2v) is 15.2. The highest BCUT2D eigenvalue weighted by atomic mass is 16.6. The van der Waals surface area contributed by atoms with Crippen LogP contribution in [0.25, 0.3) is 0 Å². The Bertz CT molecular complexity index is 1890. The summed E-state index contributed by atoms with van der Waals surface area (Å²) in [5.41, 5.74) is -4.41. The molecule has 1 N–H and O–H groups in total. The van der Waals surface area contributed by atoms with Gasteiger partial charge in [0.15, 0.2) is 12.2 Å². The summed E-state index contributed by atoms with van der Waals surface area (Å²) in [6.45, 7) is 15.4. The van der Waals surface area contributed by atoms with E-state index in [9.17, 15) is 33.9 Å². The van der Waals surface area contributed by atoms with Gasteiger partial charge in [0.2, 0.25) is 0 Å². The SMILES string of the molecule is C=C1[C@@H](OC(C)=O)C[C@H](OC(C)=O)[C@@]2(C)[C@H]1[C@H](OC(=O)c1ccccc1)[C@]1(C(C)(C)O)C[C@@H](OC(C)=O)C(C)=C1[C@H](OC(=O)c1ccccc1)[C@@H]2OC(C)=O. The molecule has 0 aromatic heterocycles. The van der Waals surface area contributed by atoms with E-state index >= 15 is 0 Å². The molecule has 2 saturated carbocycles. The lowest BCUT2D eigenvalue weighted by atomic mass is 9.54. The van der Waals surface area contributed by atoms with E-state index in [0.717, 1.165) is 6.92 Å². The Morgan fingerprint density at radius 3 is 1.64 bits per heavy atom. The van der Waals surface area contributed by atoms with Gasteiger partial charge in [0.05, 0.1) is 27.6 Å². The van der Waals surface area contributed by atoms with Crippen LogP contribution in [0.3, 0.4) is 0 Å². The molecule has 0 heterocycles. The van der Waals surface area contributed by atoms with Gasteiger partial charge in [-0.2, -0.15) is 0 Å². The summed E-state index contributed by atoms with van der Waals surface area (Å²) < 4.78 is 36.9. The predicted octanol–water partition coefficient (Wildman–Crippen LogP) is 5.24. The number of hydrogen-bond acceptors (Lipinski definition) is 13. The van der Waals surface area contributed by atoms with Gasteiger partial charge in [0.25, 0.3) is 0 Å². The van der Waals surface area contributed by atoms with E-state index in [-0.39, 0.29) is 35.1 Å². The topological polar surface area (TPSA) is 178 Å². The Morgan fingerprint density at radius 2 is 1.16 bits per heavy atom. The Kier molecular flexibility index (Phi) is 11.5. The van der Waals surface area contributed by atoms with Crippen LogP contribution in [0.1, 0.15) is 88.9 Å². The normalized spacial score (nSPS) is 30.1. The maximum absolute atomic E-state index is 14.4. The van der Waals surface area contributed by atoms with Gasteiger partial charge in [0.1, 0.15) is 24.4 Å². The van der Waals surface area contributed by atoms with E-state index < -0.39 is 94.8 Å². The van der Waals surface area contributed by atoms with Crippen molar-refractivity contribution >= 4 is 35.8 Å². The number of ether oxygens (including phenoxy) is 6. The lowest BCUT2D eigenvalue weighted by Crippen LogP contribution is -2.64. The van der Waals surface area contributed by atoms with Crippen molar-refractivity contribution in [3.63, 3.8) is 0 Å². The molecule has 5 rings (SSSR count). The smallest absolute Gasteiger partial charge is 0.338 e. The highest BCUT2D eigenvalue weighted by Gasteiger charge is 2.74. The van der Waals surface area contributed by atoms with Crippen LogP contribution in [0.15, 0.2) is 84.0 Å². The van der Waals surface area contributed by atoms with E-state index in [1.165, 1.54) is 46.8 Å². The zero-order valence-electron chi connectivity index (χ0n) is 32.3. The first-order valence-electron chi connectivity index (χ1n) is 18.1. The lowest BCUT2D eigenvalue weighted by molar-refractivity contribution is -0.209. The zero-order valence-corrected chi connectivity index (χ0v) is 32.3. The first kappa shape index (κ1) is 40.9. The van der Waals surface area contributed by atoms with Crippen molar-refractivity contribution in [1.29, 1.82) is 0 Å². The quantitative estimate of drug-likeness (QED) is 0.200. The van der Waals surface area contributed by atoms with Gasteiger partial charge in [-0.1, -0.05) is 49.9 Å². The molecule has 0 bridgehead atoms. The van der Waals surface area contributed by atoms with Crippen molar-refractivity contribution in [3.8, 4) is 0 Å². The average Bonchev–Trinajstić information content (AvgIpc) is 3.36. The summed E-state index contributed by atoms with van der Waals surface area (Å²) in [6, 6.07) is 16.1. The van der Waals surface area contributed by atoms with Gasteiger partial charge in [0, 0.05) is 46.5 Å². The Morgan fingerprint density at radius 1 is 0.691 bits per heavy atom. The van der Waals surface area contributed by atoms with Crippen LogP contribution in [0.5, 0.6) is 0 Å². The summed E-state index contributed by atoms with van der Waals surface area (Å²) in [5.74, 6) is -5.79. The summed E-state index contributed by atoms with van der Waals surface area (Å²) >= 11 is 0. The lowest BCUT2D eigenvalue weighted by Gasteiger charge is -2.56. The number of hydrogen-bond donors (Lipinski definition) is 1. The van der Waals surface area contributed by atoms with E-state index in [4.69, 9.17) is 28.4 Å². The minimum Gasteiger partial charge on any atom is -0.462 e. The van der Waals surface area contributed by atoms with E-state index in [1.807, 2.05) is 0 Å². The first-order chi connectivity index (χ1) is 25.7. The van der Waals surface area contributed by atoms with Crippen LogP contribution < -0.4 is 0 Å². The van der Waals surface area contributed by atoms with Gasteiger partial charge in [-0.05, 0) is 61.8 Å². The van der Waals surface area contributed by atoms with Crippen LogP contribution in [-0.4, -0.2) is 83.1 Å². The molecule has 2 aromatic rings. The third-order valence-electron chi connectivity index (χ3n) is 11.3. The van der Waals surface area contributed by atoms with Crippen LogP contribution >= 0.6 is 0 Å². The Labute approximate surface area is 319 Å². The van der Waals surface area contributed by atoms with Gasteiger partial charge in [-0.3, -0.25) is 19.2 Å². The number of rotatable bonds is 9. The fourth-order valence-corrected chi connectivity index (χ4v) is 9.00. The van der Waals surface area contributed by atoms with Crippen LogP contribution in [0.2, 0.25) is 0 Å². The fraction of sp³-hybridized carbons (Fsp3) is 0.476. The van der Waals surface area contributed by atoms with Gasteiger partial charge >= 0.3 is 35.8 Å². The summed E-state index contributed by atoms with van der Waals surface area (Å²) in [5, 5.41) is 12.7. The minimum absolute atomic E-state index is 0.142. The largest absolute Gasteiger partial charge is 0.462 e. The van der Waals surface area contributed by atoms with Crippen LogP contribution in [0.4, 0.5) is 0 Å². The molecule has 13 heteroatoms.